The molecule has 2 saturated carbocycles. The van der Waals surface area contributed by atoms with Gasteiger partial charge in [0.1, 0.15) is 0 Å². The molecule has 0 bridgehead atoms. The van der Waals surface area contributed by atoms with Crippen molar-refractivity contribution in [2.24, 2.45) is 0 Å². The molecule has 7 heteroatoms. The molecule has 1 atom stereocenters. The number of carbonyl (C=O) groups excluding carboxylic acids is 1. The van der Waals surface area contributed by atoms with Gasteiger partial charge in [0.25, 0.3) is 11.6 Å². The SMILES string of the molecule is CCn1cc(C(C)NC(=O)c2cc(C3CC3)nc3onc(C4CC4)c23)c(C)n1. The molecule has 2 fully saturated rings. The smallest absolute Gasteiger partial charge is 0.259 e. The molecule has 28 heavy (non-hydrogen) atoms. The van der Waals surface area contributed by atoms with Crippen molar-refractivity contribution in [2.45, 2.75) is 70.9 Å². The third kappa shape index (κ3) is 2.99. The maximum atomic E-state index is 13.3. The summed E-state index contributed by atoms with van der Waals surface area (Å²) in [7, 11) is 0. The van der Waals surface area contributed by atoms with Crippen LogP contribution in [0, 0.1) is 6.92 Å². The van der Waals surface area contributed by atoms with Crippen LogP contribution in [0.15, 0.2) is 16.8 Å². The van der Waals surface area contributed by atoms with Crippen molar-refractivity contribution in [1.82, 2.24) is 25.2 Å². The Hall–Kier alpha value is -2.70. The molecule has 1 unspecified atom stereocenters. The number of hydrogen-bond donors (Lipinski definition) is 1. The number of amides is 1. The molecular weight excluding hydrogens is 354 g/mol. The van der Waals surface area contributed by atoms with Gasteiger partial charge in [-0.3, -0.25) is 9.48 Å². The molecule has 3 heterocycles. The van der Waals surface area contributed by atoms with Crippen LogP contribution in [0.25, 0.3) is 11.1 Å². The molecule has 3 aromatic heterocycles. The van der Waals surface area contributed by atoms with E-state index in [4.69, 9.17) is 4.52 Å². The van der Waals surface area contributed by atoms with Crippen molar-refractivity contribution < 1.29 is 9.32 Å². The van der Waals surface area contributed by atoms with Gasteiger partial charge in [-0.2, -0.15) is 5.10 Å². The Morgan fingerprint density at radius 1 is 1.32 bits per heavy atom. The molecular formula is C21H25N5O2. The summed E-state index contributed by atoms with van der Waals surface area (Å²) in [6, 6.07) is 1.82. The topological polar surface area (TPSA) is 85.8 Å². The van der Waals surface area contributed by atoms with Gasteiger partial charge in [0, 0.05) is 35.8 Å². The van der Waals surface area contributed by atoms with Crippen LogP contribution in [0.5, 0.6) is 0 Å². The summed E-state index contributed by atoms with van der Waals surface area (Å²) in [6.07, 6.45) is 6.44. The van der Waals surface area contributed by atoms with Crippen molar-refractivity contribution in [3.05, 3.63) is 40.5 Å². The zero-order chi connectivity index (χ0) is 19.4. The zero-order valence-electron chi connectivity index (χ0n) is 16.5. The van der Waals surface area contributed by atoms with E-state index in [-0.39, 0.29) is 11.9 Å². The number of aromatic nitrogens is 4. The Labute approximate surface area is 163 Å². The van der Waals surface area contributed by atoms with Gasteiger partial charge in [0.2, 0.25) is 0 Å². The summed E-state index contributed by atoms with van der Waals surface area (Å²) in [6.45, 7) is 6.84. The lowest BCUT2D eigenvalue weighted by molar-refractivity contribution is 0.0941. The van der Waals surface area contributed by atoms with Gasteiger partial charge >= 0.3 is 0 Å². The average Bonchev–Trinajstić information content (AvgIpc) is 3.61. The minimum absolute atomic E-state index is 0.101. The van der Waals surface area contributed by atoms with Crippen LogP contribution in [-0.4, -0.2) is 25.8 Å². The van der Waals surface area contributed by atoms with E-state index in [1.165, 1.54) is 0 Å². The number of fused-ring (bicyclic) bond motifs is 1. The maximum Gasteiger partial charge on any atom is 0.259 e. The van der Waals surface area contributed by atoms with Gasteiger partial charge < -0.3 is 9.84 Å². The predicted molar refractivity (Wildman–Crippen MR) is 104 cm³/mol. The Balaban J connectivity index is 1.50. The second-order valence-electron chi connectivity index (χ2n) is 8.11. The van der Waals surface area contributed by atoms with Crippen LogP contribution >= 0.6 is 0 Å². The van der Waals surface area contributed by atoms with Crippen LogP contribution in [-0.2, 0) is 6.54 Å². The van der Waals surface area contributed by atoms with Crippen molar-refractivity contribution in [1.29, 1.82) is 0 Å². The van der Waals surface area contributed by atoms with Crippen molar-refractivity contribution in [2.75, 3.05) is 0 Å². The number of aryl methyl sites for hydroxylation is 2. The molecule has 7 nitrogen and oxygen atoms in total. The Morgan fingerprint density at radius 3 is 2.71 bits per heavy atom. The van der Waals surface area contributed by atoms with E-state index in [1.807, 2.05) is 30.8 Å². The predicted octanol–water partition coefficient (Wildman–Crippen LogP) is 3.99. The number of rotatable bonds is 6. The summed E-state index contributed by atoms with van der Waals surface area (Å²) >= 11 is 0. The molecule has 2 aliphatic carbocycles. The number of carbonyl (C=O) groups is 1. The van der Waals surface area contributed by atoms with Crippen LogP contribution in [0.4, 0.5) is 0 Å². The zero-order valence-corrected chi connectivity index (χ0v) is 16.5. The summed E-state index contributed by atoms with van der Waals surface area (Å²) in [4.78, 5) is 17.9. The standard InChI is InChI=1S/C21H25N5O2/c1-4-26-10-16(12(3)24-26)11(2)22-20(27)15-9-17(13-5-6-13)23-21-18(15)19(25-28-21)14-7-8-14/h9-11,13-14H,4-8H2,1-3H3,(H,22,27). The Kier molecular flexibility index (Phi) is 4.00. The van der Waals surface area contributed by atoms with Crippen LogP contribution in [0.2, 0.25) is 0 Å². The highest BCUT2D eigenvalue weighted by Crippen LogP contribution is 2.45. The van der Waals surface area contributed by atoms with E-state index in [2.05, 4.69) is 27.5 Å². The van der Waals surface area contributed by atoms with E-state index < -0.39 is 0 Å². The largest absolute Gasteiger partial charge is 0.345 e. The van der Waals surface area contributed by atoms with Gasteiger partial charge in [0.05, 0.1) is 28.4 Å². The number of hydrogen-bond acceptors (Lipinski definition) is 5. The minimum Gasteiger partial charge on any atom is -0.345 e. The highest BCUT2D eigenvalue weighted by atomic mass is 16.5. The van der Waals surface area contributed by atoms with E-state index in [1.54, 1.807) is 0 Å². The summed E-state index contributed by atoms with van der Waals surface area (Å²) in [5.74, 6) is 0.729. The first-order valence-electron chi connectivity index (χ1n) is 10.2. The van der Waals surface area contributed by atoms with E-state index >= 15 is 0 Å². The fraction of sp³-hybridized carbons (Fsp3) is 0.524. The number of nitrogens with zero attached hydrogens (tertiary/aromatic N) is 4. The second kappa shape index (κ2) is 6.43. The monoisotopic (exact) mass is 379 g/mol. The van der Waals surface area contributed by atoms with Crippen molar-refractivity contribution in [3.8, 4) is 0 Å². The first-order valence-corrected chi connectivity index (χ1v) is 10.2. The Morgan fingerprint density at radius 2 is 2.07 bits per heavy atom. The fourth-order valence-electron chi connectivity index (χ4n) is 3.87. The molecule has 5 rings (SSSR count). The quantitative estimate of drug-likeness (QED) is 0.700. The first kappa shape index (κ1) is 17.4. The van der Waals surface area contributed by atoms with Crippen LogP contribution in [0.1, 0.15) is 90.4 Å². The molecule has 0 aliphatic heterocycles. The molecule has 3 aromatic rings. The van der Waals surface area contributed by atoms with Crippen LogP contribution in [0.3, 0.4) is 0 Å². The molecule has 1 amide bonds. The lowest BCUT2D eigenvalue weighted by Gasteiger charge is -2.14. The van der Waals surface area contributed by atoms with Gasteiger partial charge in [-0.1, -0.05) is 5.16 Å². The summed E-state index contributed by atoms with van der Waals surface area (Å²) < 4.78 is 7.43. The molecule has 2 aliphatic rings. The number of pyridine rings is 1. The third-order valence-corrected chi connectivity index (χ3v) is 5.82. The van der Waals surface area contributed by atoms with Gasteiger partial charge in [-0.05, 0) is 52.5 Å². The molecule has 0 saturated heterocycles. The molecule has 1 N–H and O–H groups in total. The molecule has 0 spiro atoms. The van der Waals surface area contributed by atoms with E-state index in [9.17, 15) is 4.79 Å². The lowest BCUT2D eigenvalue weighted by atomic mass is 10.0. The van der Waals surface area contributed by atoms with Crippen LogP contribution < -0.4 is 5.32 Å². The van der Waals surface area contributed by atoms with Crippen molar-refractivity contribution >= 4 is 17.0 Å². The lowest BCUT2D eigenvalue weighted by Crippen LogP contribution is -2.27. The highest BCUT2D eigenvalue weighted by Gasteiger charge is 2.34. The van der Waals surface area contributed by atoms with Crippen molar-refractivity contribution in [3.63, 3.8) is 0 Å². The van der Waals surface area contributed by atoms with Gasteiger partial charge in [-0.25, -0.2) is 4.98 Å². The van der Waals surface area contributed by atoms with E-state index in [0.717, 1.165) is 60.3 Å². The second-order valence-corrected chi connectivity index (χ2v) is 8.11. The normalized spacial score (nSPS) is 17.8. The molecule has 146 valence electrons. The number of nitrogens with one attached hydrogen (secondary N) is 1. The summed E-state index contributed by atoms with van der Waals surface area (Å²) in [5, 5.41) is 12.7. The third-order valence-electron chi connectivity index (χ3n) is 5.82. The first-order chi connectivity index (χ1) is 13.5. The van der Waals surface area contributed by atoms with E-state index in [0.29, 0.717) is 23.1 Å². The minimum atomic E-state index is -0.135. The molecule has 0 radical (unpaired) electrons. The molecule has 0 aromatic carbocycles. The maximum absolute atomic E-state index is 13.3. The average molecular weight is 379 g/mol. The van der Waals surface area contributed by atoms with Gasteiger partial charge in [0.15, 0.2) is 0 Å². The summed E-state index contributed by atoms with van der Waals surface area (Å²) in [5.41, 5.74) is 4.95. The fourth-order valence-corrected chi connectivity index (χ4v) is 3.87. The Bertz CT molecular complexity index is 1060. The highest BCUT2D eigenvalue weighted by molar-refractivity contribution is 6.06. The van der Waals surface area contributed by atoms with Gasteiger partial charge in [-0.15, -0.1) is 0 Å².